The molecule has 0 saturated carbocycles. The molecule has 0 aliphatic heterocycles. The summed E-state index contributed by atoms with van der Waals surface area (Å²) >= 11 is 0. The second-order valence-corrected chi connectivity index (χ2v) is 6.19. The summed E-state index contributed by atoms with van der Waals surface area (Å²) in [5.74, 6) is -6.06. The molecule has 2 amide bonds. The van der Waals surface area contributed by atoms with E-state index in [0.717, 1.165) is 0 Å². The molecular formula is C18H22N4O8. The van der Waals surface area contributed by atoms with Crippen molar-refractivity contribution in [2.24, 2.45) is 22.9 Å². The zero-order valence-corrected chi connectivity index (χ0v) is 15.9. The molecule has 0 spiro atoms. The molecule has 1 rings (SSSR count). The molecule has 0 aliphatic rings. The number of benzene rings is 1. The van der Waals surface area contributed by atoms with Gasteiger partial charge in [0.2, 0.25) is 11.8 Å². The minimum absolute atomic E-state index is 0.136. The first-order valence-corrected chi connectivity index (χ1v) is 8.71. The van der Waals surface area contributed by atoms with Crippen LogP contribution >= 0.6 is 0 Å². The van der Waals surface area contributed by atoms with E-state index in [1.165, 1.54) is 24.3 Å². The van der Waals surface area contributed by atoms with E-state index in [0.29, 0.717) is 0 Å². The standard InChI is InChI=1S/C18H22N4O8/c19-11(5-7-13(21)23)17(27)29-15(25)9-3-1-2-4-10(9)16(26)30-18(28)12(20)6-8-14(22)24/h1-4,11-12H,5-8,19-20H2,(H2,21,23)(H2,22,24)/t11-,12-/m0/s1. The Morgan fingerprint density at radius 2 is 1.03 bits per heavy atom. The highest BCUT2D eigenvalue weighted by Gasteiger charge is 2.27. The average molecular weight is 422 g/mol. The van der Waals surface area contributed by atoms with Crippen LogP contribution in [0.25, 0.3) is 0 Å². The molecule has 1 aromatic rings. The quantitative estimate of drug-likeness (QED) is 0.245. The van der Waals surface area contributed by atoms with Gasteiger partial charge in [-0.2, -0.15) is 0 Å². The maximum atomic E-state index is 12.3. The van der Waals surface area contributed by atoms with Gasteiger partial charge in [-0.25, -0.2) is 19.2 Å². The molecule has 0 saturated heterocycles. The molecular weight excluding hydrogens is 400 g/mol. The Balaban J connectivity index is 2.83. The Hall–Kier alpha value is -3.64. The van der Waals surface area contributed by atoms with Crippen LogP contribution < -0.4 is 22.9 Å². The fourth-order valence-corrected chi connectivity index (χ4v) is 2.11. The molecule has 12 heteroatoms. The predicted molar refractivity (Wildman–Crippen MR) is 100 cm³/mol. The van der Waals surface area contributed by atoms with Crippen LogP contribution in [0.15, 0.2) is 24.3 Å². The van der Waals surface area contributed by atoms with Gasteiger partial charge in [0.05, 0.1) is 11.1 Å². The van der Waals surface area contributed by atoms with Gasteiger partial charge in [-0.3, -0.25) is 9.59 Å². The van der Waals surface area contributed by atoms with Crippen LogP contribution in [-0.4, -0.2) is 47.8 Å². The predicted octanol–water partition coefficient (Wildman–Crippen LogP) is -1.76. The molecule has 0 fully saturated rings. The Bertz CT molecular complexity index is 785. The molecule has 162 valence electrons. The zero-order chi connectivity index (χ0) is 22.8. The number of amides is 2. The van der Waals surface area contributed by atoms with Crippen molar-refractivity contribution in [1.82, 2.24) is 0 Å². The van der Waals surface area contributed by atoms with Crippen LogP contribution in [0.3, 0.4) is 0 Å². The first-order chi connectivity index (χ1) is 14.0. The van der Waals surface area contributed by atoms with Crippen molar-refractivity contribution in [3.05, 3.63) is 35.4 Å². The third kappa shape index (κ3) is 7.77. The second-order valence-electron chi connectivity index (χ2n) is 6.19. The van der Waals surface area contributed by atoms with Gasteiger partial charge >= 0.3 is 23.9 Å². The van der Waals surface area contributed by atoms with Crippen LogP contribution in [0, 0.1) is 0 Å². The highest BCUT2D eigenvalue weighted by molar-refractivity contribution is 6.08. The summed E-state index contributed by atoms with van der Waals surface area (Å²) in [5, 5.41) is 0. The van der Waals surface area contributed by atoms with Crippen molar-refractivity contribution < 1.29 is 38.2 Å². The molecule has 2 atom stereocenters. The Kier molecular flexibility index (Phi) is 9.26. The smallest absolute Gasteiger partial charge is 0.346 e. The number of nitrogens with two attached hydrogens (primary N) is 4. The van der Waals surface area contributed by atoms with Gasteiger partial charge < -0.3 is 32.4 Å². The molecule has 0 unspecified atom stereocenters. The van der Waals surface area contributed by atoms with E-state index in [1.807, 2.05) is 0 Å². The summed E-state index contributed by atoms with van der Waals surface area (Å²) in [7, 11) is 0. The molecule has 0 radical (unpaired) electrons. The molecule has 12 nitrogen and oxygen atoms in total. The lowest BCUT2D eigenvalue weighted by molar-refractivity contribution is -0.141. The molecule has 30 heavy (non-hydrogen) atoms. The topological polar surface area (TPSA) is 225 Å². The normalized spacial score (nSPS) is 12.3. The molecule has 8 N–H and O–H groups in total. The van der Waals surface area contributed by atoms with Gasteiger partial charge in [-0.05, 0) is 25.0 Å². The number of esters is 4. The monoisotopic (exact) mass is 422 g/mol. The summed E-state index contributed by atoms with van der Waals surface area (Å²) in [5.41, 5.74) is 20.2. The van der Waals surface area contributed by atoms with Crippen molar-refractivity contribution in [3.8, 4) is 0 Å². The number of rotatable bonds is 10. The summed E-state index contributed by atoms with van der Waals surface area (Å²) in [6.07, 6.45) is -0.650. The largest absolute Gasteiger partial charge is 0.388 e. The molecule has 0 bridgehead atoms. The molecule has 0 aromatic heterocycles. The highest BCUT2D eigenvalue weighted by Crippen LogP contribution is 2.13. The van der Waals surface area contributed by atoms with Crippen LogP contribution in [-0.2, 0) is 28.7 Å². The SMILES string of the molecule is NC(=O)CC[C@H](N)C(=O)OC(=O)c1ccccc1C(=O)OC(=O)[C@@H](N)CCC(N)=O. The molecule has 0 aliphatic carbocycles. The summed E-state index contributed by atoms with van der Waals surface area (Å²) in [6.45, 7) is 0. The van der Waals surface area contributed by atoms with Crippen molar-refractivity contribution in [3.63, 3.8) is 0 Å². The Morgan fingerprint density at radius 3 is 1.33 bits per heavy atom. The first-order valence-electron chi connectivity index (χ1n) is 8.71. The third-order valence-corrected chi connectivity index (χ3v) is 3.76. The Morgan fingerprint density at radius 1 is 0.700 bits per heavy atom. The van der Waals surface area contributed by atoms with Crippen LogP contribution in [0.4, 0.5) is 0 Å². The molecule has 1 aromatic carbocycles. The number of hydrogen-bond acceptors (Lipinski definition) is 10. The summed E-state index contributed by atoms with van der Waals surface area (Å²) in [4.78, 5) is 69.7. The summed E-state index contributed by atoms with van der Waals surface area (Å²) < 4.78 is 9.23. The van der Waals surface area contributed by atoms with Gasteiger partial charge in [-0.15, -0.1) is 0 Å². The first kappa shape index (κ1) is 24.4. The van der Waals surface area contributed by atoms with Crippen LogP contribution in [0.1, 0.15) is 46.4 Å². The third-order valence-electron chi connectivity index (χ3n) is 3.76. The van der Waals surface area contributed by atoms with Crippen molar-refractivity contribution in [2.75, 3.05) is 0 Å². The van der Waals surface area contributed by atoms with Gasteiger partial charge in [0.15, 0.2) is 0 Å². The molecule has 0 heterocycles. The number of hydrogen-bond donors (Lipinski definition) is 4. The van der Waals surface area contributed by atoms with Gasteiger partial charge in [0.1, 0.15) is 12.1 Å². The Labute approximate surface area is 170 Å². The number of primary amides is 2. The van der Waals surface area contributed by atoms with Crippen LogP contribution in [0.5, 0.6) is 0 Å². The fraction of sp³-hybridized carbons (Fsp3) is 0.333. The lowest BCUT2D eigenvalue weighted by atomic mass is 10.1. The number of carbonyl (C=O) groups is 6. The van der Waals surface area contributed by atoms with Crippen molar-refractivity contribution in [2.45, 2.75) is 37.8 Å². The van der Waals surface area contributed by atoms with Gasteiger partial charge in [0, 0.05) is 12.8 Å². The van der Waals surface area contributed by atoms with E-state index in [4.69, 9.17) is 22.9 Å². The minimum Gasteiger partial charge on any atom is -0.388 e. The second kappa shape index (κ2) is 11.4. The van der Waals surface area contributed by atoms with E-state index in [1.54, 1.807) is 0 Å². The van der Waals surface area contributed by atoms with Crippen molar-refractivity contribution in [1.29, 1.82) is 0 Å². The highest BCUT2D eigenvalue weighted by atomic mass is 16.6. The van der Waals surface area contributed by atoms with Gasteiger partial charge in [0.25, 0.3) is 0 Å². The van der Waals surface area contributed by atoms with Gasteiger partial charge in [-0.1, -0.05) is 12.1 Å². The fourth-order valence-electron chi connectivity index (χ4n) is 2.11. The number of carbonyl (C=O) groups excluding carboxylic acids is 6. The lowest BCUT2D eigenvalue weighted by Gasteiger charge is -2.12. The maximum absolute atomic E-state index is 12.3. The average Bonchev–Trinajstić information content (AvgIpc) is 2.69. The summed E-state index contributed by atoms with van der Waals surface area (Å²) in [6, 6.07) is 2.52. The zero-order valence-electron chi connectivity index (χ0n) is 15.9. The van der Waals surface area contributed by atoms with E-state index < -0.39 is 47.8 Å². The number of ether oxygens (including phenoxy) is 2. The maximum Gasteiger partial charge on any atom is 0.346 e. The van der Waals surface area contributed by atoms with E-state index >= 15 is 0 Å². The van der Waals surface area contributed by atoms with E-state index in [2.05, 4.69) is 9.47 Å². The van der Waals surface area contributed by atoms with Crippen LogP contribution in [0.2, 0.25) is 0 Å². The minimum atomic E-state index is -1.29. The van der Waals surface area contributed by atoms with Crippen molar-refractivity contribution >= 4 is 35.7 Å². The van der Waals surface area contributed by atoms with E-state index in [9.17, 15) is 28.8 Å². The lowest BCUT2D eigenvalue weighted by Crippen LogP contribution is -2.36. The van der Waals surface area contributed by atoms with E-state index in [-0.39, 0.29) is 36.8 Å².